The normalized spacial score (nSPS) is 17.1. The quantitative estimate of drug-likeness (QED) is 0.875. The van der Waals surface area contributed by atoms with Gasteiger partial charge in [-0.05, 0) is 12.3 Å². The summed E-state index contributed by atoms with van der Waals surface area (Å²) in [7, 11) is 0. The van der Waals surface area contributed by atoms with Gasteiger partial charge in [0.25, 0.3) is 0 Å². The predicted molar refractivity (Wildman–Crippen MR) is 85.5 cm³/mol. The van der Waals surface area contributed by atoms with Gasteiger partial charge in [0.1, 0.15) is 0 Å². The van der Waals surface area contributed by atoms with Gasteiger partial charge in [-0.1, -0.05) is 38.5 Å². The van der Waals surface area contributed by atoms with Crippen molar-refractivity contribution >= 4 is 16.5 Å². The van der Waals surface area contributed by atoms with E-state index in [0.29, 0.717) is 0 Å². The molecule has 0 unspecified atom stereocenters. The van der Waals surface area contributed by atoms with Gasteiger partial charge in [0, 0.05) is 32.7 Å². The summed E-state index contributed by atoms with van der Waals surface area (Å²) in [5.41, 5.74) is 1.10. The molecule has 0 amide bonds. The molecule has 0 atom stereocenters. The highest BCUT2D eigenvalue weighted by atomic mass is 32.1. The fraction of sp³-hybridized carbons (Fsp3) is 0.800. The average molecular weight is 297 g/mol. The van der Waals surface area contributed by atoms with E-state index in [1.165, 1.54) is 6.54 Å². The smallest absolute Gasteiger partial charge is 0.185 e. The zero-order valence-corrected chi connectivity index (χ0v) is 13.7. The lowest BCUT2D eigenvalue weighted by atomic mass is 10.2. The van der Waals surface area contributed by atoms with Crippen LogP contribution in [0.5, 0.6) is 0 Å². The van der Waals surface area contributed by atoms with Crippen molar-refractivity contribution in [3.05, 3.63) is 10.6 Å². The summed E-state index contributed by atoms with van der Waals surface area (Å²) in [6.45, 7) is 12.4. The van der Waals surface area contributed by atoms with E-state index in [9.17, 15) is 5.11 Å². The number of aliphatic hydroxyl groups is 1. The van der Waals surface area contributed by atoms with Gasteiger partial charge < -0.3 is 10.0 Å². The lowest BCUT2D eigenvalue weighted by Crippen LogP contribution is -2.47. The van der Waals surface area contributed by atoms with E-state index >= 15 is 0 Å². The standard InChI is InChI=1S/C15H27N3OS/c1-4-5-13-14(11-19)20-15(16-13)18-8-6-17(7-9-18)10-12(2)3/h12,19H,4-11H2,1-3H3. The Labute approximate surface area is 126 Å². The van der Waals surface area contributed by atoms with Crippen molar-refractivity contribution in [2.45, 2.75) is 40.2 Å². The van der Waals surface area contributed by atoms with Crippen LogP contribution in [0.1, 0.15) is 37.8 Å². The first-order valence-electron chi connectivity index (χ1n) is 7.70. The zero-order chi connectivity index (χ0) is 14.5. The van der Waals surface area contributed by atoms with Gasteiger partial charge in [-0.15, -0.1) is 0 Å². The van der Waals surface area contributed by atoms with Crippen LogP contribution in [0.4, 0.5) is 5.13 Å². The second-order valence-corrected chi connectivity index (χ2v) is 7.02. The van der Waals surface area contributed by atoms with Gasteiger partial charge in [-0.2, -0.15) is 0 Å². The van der Waals surface area contributed by atoms with Crippen molar-refractivity contribution in [1.29, 1.82) is 0 Å². The Balaban J connectivity index is 1.96. The van der Waals surface area contributed by atoms with Crippen LogP contribution in [-0.2, 0) is 13.0 Å². The number of nitrogens with zero attached hydrogens (tertiary/aromatic N) is 3. The Hall–Kier alpha value is -0.650. The Morgan fingerprint density at radius 2 is 1.95 bits per heavy atom. The first-order chi connectivity index (χ1) is 9.63. The Morgan fingerprint density at radius 1 is 1.25 bits per heavy atom. The van der Waals surface area contributed by atoms with Crippen molar-refractivity contribution in [1.82, 2.24) is 9.88 Å². The first kappa shape index (κ1) is 15.7. The summed E-state index contributed by atoms with van der Waals surface area (Å²) in [4.78, 5) is 10.7. The number of aliphatic hydroxyl groups excluding tert-OH is 1. The van der Waals surface area contributed by atoms with Crippen molar-refractivity contribution in [3.63, 3.8) is 0 Å². The molecule has 1 N–H and O–H groups in total. The molecule has 0 saturated carbocycles. The molecule has 0 spiro atoms. The largest absolute Gasteiger partial charge is 0.391 e. The minimum absolute atomic E-state index is 0.125. The second-order valence-electron chi connectivity index (χ2n) is 5.96. The van der Waals surface area contributed by atoms with Crippen LogP contribution in [0, 0.1) is 5.92 Å². The van der Waals surface area contributed by atoms with Crippen LogP contribution < -0.4 is 4.90 Å². The minimum atomic E-state index is 0.125. The van der Waals surface area contributed by atoms with Crippen molar-refractivity contribution < 1.29 is 5.11 Å². The molecule has 1 aromatic rings. The van der Waals surface area contributed by atoms with Crippen LogP contribution in [0.3, 0.4) is 0 Å². The van der Waals surface area contributed by atoms with Crippen LogP contribution in [0.15, 0.2) is 0 Å². The van der Waals surface area contributed by atoms with Gasteiger partial charge in [0.15, 0.2) is 5.13 Å². The van der Waals surface area contributed by atoms with Gasteiger partial charge >= 0.3 is 0 Å². The molecule has 1 fully saturated rings. The summed E-state index contributed by atoms with van der Waals surface area (Å²) in [5.74, 6) is 0.735. The summed E-state index contributed by atoms with van der Waals surface area (Å²) in [5, 5.41) is 10.5. The van der Waals surface area contributed by atoms with Gasteiger partial charge in [-0.25, -0.2) is 4.98 Å². The predicted octanol–water partition coefficient (Wildman–Crippen LogP) is 2.37. The fourth-order valence-corrected chi connectivity index (χ4v) is 3.72. The van der Waals surface area contributed by atoms with Crippen LogP contribution in [0.25, 0.3) is 0 Å². The molecule has 1 aliphatic heterocycles. The average Bonchev–Trinajstić information content (AvgIpc) is 2.82. The zero-order valence-electron chi connectivity index (χ0n) is 12.9. The van der Waals surface area contributed by atoms with E-state index in [4.69, 9.17) is 4.98 Å². The topological polar surface area (TPSA) is 39.6 Å². The highest BCUT2D eigenvalue weighted by molar-refractivity contribution is 7.15. The van der Waals surface area contributed by atoms with Crippen LogP contribution in [0.2, 0.25) is 0 Å². The molecule has 2 heterocycles. The van der Waals surface area contributed by atoms with Gasteiger partial charge in [-0.3, -0.25) is 4.90 Å². The molecule has 2 rings (SSSR count). The van der Waals surface area contributed by atoms with Gasteiger partial charge in [0.2, 0.25) is 0 Å². The molecule has 1 saturated heterocycles. The van der Waals surface area contributed by atoms with E-state index in [1.54, 1.807) is 11.3 Å². The third-order valence-corrected chi connectivity index (χ3v) is 4.81. The third kappa shape index (κ3) is 3.93. The van der Waals surface area contributed by atoms with E-state index in [-0.39, 0.29) is 6.61 Å². The number of aryl methyl sites for hydroxylation is 1. The Kier molecular flexibility index (Phi) is 5.81. The van der Waals surface area contributed by atoms with Crippen molar-refractivity contribution in [3.8, 4) is 0 Å². The van der Waals surface area contributed by atoms with E-state index < -0.39 is 0 Å². The van der Waals surface area contributed by atoms with Crippen LogP contribution >= 0.6 is 11.3 Å². The maximum atomic E-state index is 9.44. The highest BCUT2D eigenvalue weighted by Gasteiger charge is 2.21. The summed E-state index contributed by atoms with van der Waals surface area (Å²) >= 11 is 1.67. The summed E-state index contributed by atoms with van der Waals surface area (Å²) in [6, 6.07) is 0. The SMILES string of the molecule is CCCc1nc(N2CCN(CC(C)C)CC2)sc1CO. The highest BCUT2D eigenvalue weighted by Crippen LogP contribution is 2.28. The molecule has 1 aliphatic rings. The maximum absolute atomic E-state index is 9.44. The number of rotatable bonds is 6. The molecule has 0 bridgehead atoms. The lowest BCUT2D eigenvalue weighted by Gasteiger charge is -2.35. The second kappa shape index (κ2) is 7.38. The molecule has 114 valence electrons. The molecule has 0 aromatic carbocycles. The molecule has 0 radical (unpaired) electrons. The monoisotopic (exact) mass is 297 g/mol. The van der Waals surface area contributed by atoms with Crippen molar-refractivity contribution in [2.24, 2.45) is 5.92 Å². The molecule has 1 aromatic heterocycles. The minimum Gasteiger partial charge on any atom is -0.391 e. The molecular formula is C15H27N3OS. The number of hydrogen-bond acceptors (Lipinski definition) is 5. The van der Waals surface area contributed by atoms with Crippen molar-refractivity contribution in [2.75, 3.05) is 37.6 Å². The molecule has 20 heavy (non-hydrogen) atoms. The molecular weight excluding hydrogens is 270 g/mol. The van der Waals surface area contributed by atoms with Gasteiger partial charge in [0.05, 0.1) is 17.2 Å². The molecule has 0 aliphatic carbocycles. The third-order valence-electron chi connectivity index (χ3n) is 3.66. The summed E-state index contributed by atoms with van der Waals surface area (Å²) in [6.07, 6.45) is 2.05. The summed E-state index contributed by atoms with van der Waals surface area (Å²) < 4.78 is 0. The Bertz CT molecular complexity index is 411. The maximum Gasteiger partial charge on any atom is 0.185 e. The fourth-order valence-electron chi connectivity index (χ4n) is 2.70. The number of piperazine rings is 1. The number of hydrogen-bond donors (Lipinski definition) is 1. The number of anilines is 1. The molecule has 5 heteroatoms. The van der Waals surface area contributed by atoms with E-state index in [1.807, 2.05) is 0 Å². The lowest BCUT2D eigenvalue weighted by molar-refractivity contribution is 0.231. The number of thiazole rings is 1. The molecule has 4 nitrogen and oxygen atoms in total. The van der Waals surface area contributed by atoms with Crippen LogP contribution in [-0.4, -0.2) is 47.7 Å². The van der Waals surface area contributed by atoms with E-state index in [0.717, 1.165) is 60.6 Å². The number of aromatic nitrogens is 1. The Morgan fingerprint density at radius 3 is 2.50 bits per heavy atom. The van der Waals surface area contributed by atoms with E-state index in [2.05, 4.69) is 30.6 Å². The first-order valence-corrected chi connectivity index (χ1v) is 8.52.